The van der Waals surface area contributed by atoms with Crippen molar-refractivity contribution in [2.75, 3.05) is 39.8 Å². The normalized spacial score (nSPS) is 16.9. The van der Waals surface area contributed by atoms with Gasteiger partial charge in [-0.15, -0.1) is 0 Å². The van der Waals surface area contributed by atoms with Crippen LogP contribution in [0.3, 0.4) is 0 Å². The lowest BCUT2D eigenvalue weighted by molar-refractivity contribution is 0.187. The van der Waals surface area contributed by atoms with Crippen LogP contribution in [0.15, 0.2) is 23.2 Å². The highest BCUT2D eigenvalue weighted by molar-refractivity contribution is 5.79. The number of hydrogen-bond donors (Lipinski definition) is 2. The van der Waals surface area contributed by atoms with E-state index in [-0.39, 0.29) is 5.82 Å². The number of guanidine groups is 1. The van der Waals surface area contributed by atoms with Crippen molar-refractivity contribution < 1.29 is 4.39 Å². The van der Waals surface area contributed by atoms with Crippen molar-refractivity contribution in [3.05, 3.63) is 35.1 Å². The summed E-state index contributed by atoms with van der Waals surface area (Å²) in [6, 6.07) is 4.98. The van der Waals surface area contributed by atoms with Gasteiger partial charge in [0.25, 0.3) is 0 Å². The summed E-state index contributed by atoms with van der Waals surface area (Å²) in [7, 11) is 1.80. The van der Waals surface area contributed by atoms with Gasteiger partial charge in [-0.2, -0.15) is 0 Å². The Labute approximate surface area is 151 Å². The zero-order chi connectivity index (χ0) is 18.1. The molecular weight excluding hydrogens is 315 g/mol. The second-order valence-corrected chi connectivity index (χ2v) is 6.91. The molecule has 1 aliphatic rings. The fraction of sp³-hybridized carbons (Fsp3) is 0.650. The number of benzene rings is 1. The molecule has 1 fully saturated rings. The molecule has 1 aromatic rings. The average Bonchev–Trinajstić information content (AvgIpc) is 2.62. The van der Waals surface area contributed by atoms with E-state index in [1.807, 2.05) is 13.0 Å². The lowest BCUT2D eigenvalue weighted by Gasteiger charge is -2.31. The first kappa shape index (κ1) is 19.7. The minimum atomic E-state index is -0.170. The highest BCUT2D eigenvalue weighted by Crippen LogP contribution is 2.19. The molecule has 0 unspecified atom stereocenters. The minimum Gasteiger partial charge on any atom is -0.356 e. The third kappa shape index (κ3) is 6.65. The van der Waals surface area contributed by atoms with E-state index in [1.54, 1.807) is 13.1 Å². The van der Waals surface area contributed by atoms with Gasteiger partial charge in [-0.3, -0.25) is 4.99 Å². The first-order valence-corrected chi connectivity index (χ1v) is 9.54. The highest BCUT2D eigenvalue weighted by Gasteiger charge is 2.17. The van der Waals surface area contributed by atoms with Gasteiger partial charge < -0.3 is 15.5 Å². The average molecular weight is 349 g/mol. The fourth-order valence-corrected chi connectivity index (χ4v) is 3.46. The van der Waals surface area contributed by atoms with Crippen LogP contribution in [-0.2, 0) is 6.42 Å². The largest absolute Gasteiger partial charge is 0.356 e. The molecule has 1 heterocycles. The summed E-state index contributed by atoms with van der Waals surface area (Å²) in [5, 5.41) is 6.77. The molecule has 1 saturated heterocycles. The number of hydrogen-bond acceptors (Lipinski definition) is 2. The lowest BCUT2D eigenvalue weighted by Crippen LogP contribution is -2.40. The van der Waals surface area contributed by atoms with Gasteiger partial charge in [0.15, 0.2) is 5.96 Å². The molecule has 0 saturated carbocycles. The number of likely N-dealkylation sites (tertiary alicyclic amines) is 1. The van der Waals surface area contributed by atoms with Gasteiger partial charge in [-0.25, -0.2) is 4.39 Å². The summed E-state index contributed by atoms with van der Waals surface area (Å²) in [6.45, 7) is 9.61. The van der Waals surface area contributed by atoms with Crippen molar-refractivity contribution in [1.29, 1.82) is 0 Å². The van der Waals surface area contributed by atoms with Crippen LogP contribution in [0.2, 0.25) is 0 Å². The molecule has 140 valence electrons. The SMILES string of the molecule is CCN1CCC(CCNC(=NC)NCCc2ccc(F)cc2C)CC1. The fourth-order valence-electron chi connectivity index (χ4n) is 3.46. The Kier molecular flexibility index (Phi) is 8.19. The number of aliphatic imine (C=N–C) groups is 1. The maximum atomic E-state index is 13.1. The Balaban J connectivity index is 1.64. The molecule has 1 aliphatic heterocycles. The summed E-state index contributed by atoms with van der Waals surface area (Å²) in [4.78, 5) is 6.82. The Morgan fingerprint density at radius 2 is 1.96 bits per heavy atom. The maximum absolute atomic E-state index is 13.1. The topological polar surface area (TPSA) is 39.7 Å². The summed E-state index contributed by atoms with van der Waals surface area (Å²) >= 11 is 0. The maximum Gasteiger partial charge on any atom is 0.190 e. The molecule has 0 radical (unpaired) electrons. The Bertz CT molecular complexity index is 551. The number of halogens is 1. The molecule has 0 spiro atoms. The molecule has 0 aliphatic carbocycles. The second kappa shape index (κ2) is 10.4. The van der Waals surface area contributed by atoms with E-state index in [2.05, 4.69) is 27.4 Å². The van der Waals surface area contributed by atoms with Gasteiger partial charge in [-0.05, 0) is 81.4 Å². The lowest BCUT2D eigenvalue weighted by atomic mass is 9.93. The number of nitrogens with one attached hydrogen (secondary N) is 2. The monoisotopic (exact) mass is 348 g/mol. The van der Waals surface area contributed by atoms with E-state index in [4.69, 9.17) is 0 Å². The third-order valence-corrected chi connectivity index (χ3v) is 5.21. The second-order valence-electron chi connectivity index (χ2n) is 6.91. The smallest absolute Gasteiger partial charge is 0.190 e. The molecule has 0 aromatic heterocycles. The van der Waals surface area contributed by atoms with E-state index >= 15 is 0 Å². The molecule has 2 rings (SSSR count). The van der Waals surface area contributed by atoms with Crippen LogP contribution >= 0.6 is 0 Å². The number of piperidine rings is 1. The molecule has 25 heavy (non-hydrogen) atoms. The first-order valence-electron chi connectivity index (χ1n) is 9.54. The number of aryl methyl sites for hydroxylation is 1. The van der Waals surface area contributed by atoms with Crippen molar-refractivity contribution in [3.63, 3.8) is 0 Å². The Morgan fingerprint density at radius 3 is 2.60 bits per heavy atom. The van der Waals surface area contributed by atoms with Gasteiger partial charge in [0.05, 0.1) is 0 Å². The summed E-state index contributed by atoms with van der Waals surface area (Å²) in [5.41, 5.74) is 2.18. The summed E-state index contributed by atoms with van der Waals surface area (Å²) in [5.74, 6) is 1.51. The van der Waals surface area contributed by atoms with E-state index < -0.39 is 0 Å². The predicted octanol–water partition coefficient (Wildman–Crippen LogP) is 2.96. The van der Waals surface area contributed by atoms with Crippen molar-refractivity contribution in [1.82, 2.24) is 15.5 Å². The van der Waals surface area contributed by atoms with Crippen LogP contribution in [0.1, 0.15) is 37.3 Å². The van der Waals surface area contributed by atoms with Crippen LogP contribution in [-0.4, -0.2) is 50.6 Å². The quantitative estimate of drug-likeness (QED) is 0.588. The van der Waals surface area contributed by atoms with Crippen molar-refractivity contribution in [2.24, 2.45) is 10.9 Å². The van der Waals surface area contributed by atoms with Crippen LogP contribution < -0.4 is 10.6 Å². The summed E-state index contributed by atoms with van der Waals surface area (Å²) < 4.78 is 13.1. The molecule has 0 bridgehead atoms. The number of nitrogens with zero attached hydrogens (tertiary/aromatic N) is 2. The third-order valence-electron chi connectivity index (χ3n) is 5.21. The summed E-state index contributed by atoms with van der Waals surface area (Å²) in [6.07, 6.45) is 4.69. The van der Waals surface area contributed by atoms with Crippen molar-refractivity contribution in [3.8, 4) is 0 Å². The van der Waals surface area contributed by atoms with E-state index in [1.165, 1.54) is 50.5 Å². The van der Waals surface area contributed by atoms with Gasteiger partial charge in [0, 0.05) is 20.1 Å². The number of rotatable bonds is 7. The Morgan fingerprint density at radius 1 is 1.24 bits per heavy atom. The van der Waals surface area contributed by atoms with E-state index in [0.717, 1.165) is 37.0 Å². The van der Waals surface area contributed by atoms with E-state index in [0.29, 0.717) is 0 Å². The standard InChI is InChI=1S/C20H33FN4/c1-4-25-13-9-17(10-14-25)7-11-23-20(22-3)24-12-8-18-5-6-19(21)15-16(18)2/h5-6,15,17H,4,7-14H2,1-3H3,(H2,22,23,24). The molecule has 0 amide bonds. The van der Waals surface area contributed by atoms with Crippen molar-refractivity contribution >= 4 is 5.96 Å². The van der Waals surface area contributed by atoms with Crippen LogP contribution in [0.25, 0.3) is 0 Å². The minimum absolute atomic E-state index is 0.170. The van der Waals surface area contributed by atoms with Gasteiger partial charge in [0.2, 0.25) is 0 Å². The molecule has 1 aromatic carbocycles. The molecule has 5 heteroatoms. The van der Waals surface area contributed by atoms with Gasteiger partial charge >= 0.3 is 0 Å². The Hall–Kier alpha value is -1.62. The zero-order valence-corrected chi connectivity index (χ0v) is 15.9. The van der Waals surface area contributed by atoms with E-state index in [9.17, 15) is 4.39 Å². The zero-order valence-electron chi connectivity index (χ0n) is 15.9. The molecular formula is C20H33FN4. The predicted molar refractivity (Wildman–Crippen MR) is 104 cm³/mol. The molecule has 2 N–H and O–H groups in total. The molecule has 4 nitrogen and oxygen atoms in total. The van der Waals surface area contributed by atoms with Crippen LogP contribution in [0.5, 0.6) is 0 Å². The molecule has 0 atom stereocenters. The van der Waals surface area contributed by atoms with Gasteiger partial charge in [0.1, 0.15) is 5.82 Å². The highest BCUT2D eigenvalue weighted by atomic mass is 19.1. The van der Waals surface area contributed by atoms with Crippen molar-refractivity contribution in [2.45, 2.75) is 39.5 Å². The van der Waals surface area contributed by atoms with Crippen LogP contribution in [0, 0.1) is 18.7 Å². The van der Waals surface area contributed by atoms with Crippen LogP contribution in [0.4, 0.5) is 4.39 Å². The first-order chi connectivity index (χ1) is 12.1. The van der Waals surface area contributed by atoms with Gasteiger partial charge in [-0.1, -0.05) is 13.0 Å².